The first-order valence-electron chi connectivity index (χ1n) is 9.76. The quantitative estimate of drug-likeness (QED) is 0.438. The summed E-state index contributed by atoms with van der Waals surface area (Å²) in [5.41, 5.74) is 3.16. The fourth-order valence-corrected chi connectivity index (χ4v) is 4.11. The topological polar surface area (TPSA) is 116 Å². The third-order valence-electron chi connectivity index (χ3n) is 4.29. The number of primary sulfonamides is 1. The van der Waals surface area contributed by atoms with Crippen molar-refractivity contribution in [1.29, 1.82) is 0 Å². The molecule has 2 heterocycles. The first kappa shape index (κ1) is 23.1. The number of ether oxygens (including phenoxy) is 2. The summed E-state index contributed by atoms with van der Waals surface area (Å²) in [6.45, 7) is 4.50. The van der Waals surface area contributed by atoms with Gasteiger partial charge in [0.15, 0.2) is 5.13 Å². The van der Waals surface area contributed by atoms with Crippen LogP contribution in [0.4, 0.5) is 10.8 Å². The van der Waals surface area contributed by atoms with Crippen LogP contribution < -0.4 is 15.2 Å². The molecule has 0 radical (unpaired) electrons. The lowest BCUT2D eigenvalue weighted by Gasteiger charge is -2.15. The first-order chi connectivity index (χ1) is 14.8. The minimum absolute atomic E-state index is 0.00357. The number of nitrogens with zero attached hydrogens (tertiary/aromatic N) is 2. The number of methoxy groups -OCH3 is 1. The normalized spacial score (nSPS) is 11.6. The summed E-state index contributed by atoms with van der Waals surface area (Å²) in [5, 5.41) is 10.9. The molecule has 0 bridgehead atoms. The summed E-state index contributed by atoms with van der Waals surface area (Å²) < 4.78 is 34.4. The molecular weight excluding hydrogens is 436 g/mol. The second-order valence-electron chi connectivity index (χ2n) is 7.17. The maximum absolute atomic E-state index is 11.8. The van der Waals surface area contributed by atoms with E-state index in [9.17, 15) is 8.42 Å². The number of hydrogen-bond donors (Lipinski definition) is 2. The lowest BCUT2D eigenvalue weighted by molar-refractivity contribution is 0.195. The minimum Gasteiger partial charge on any atom is -0.489 e. The van der Waals surface area contributed by atoms with Crippen molar-refractivity contribution in [3.8, 4) is 17.0 Å². The van der Waals surface area contributed by atoms with Gasteiger partial charge in [0.25, 0.3) is 0 Å². The molecule has 0 fully saturated rings. The molecule has 3 aromatic rings. The van der Waals surface area contributed by atoms with Crippen molar-refractivity contribution in [2.45, 2.75) is 37.7 Å². The van der Waals surface area contributed by atoms with Crippen LogP contribution in [-0.2, 0) is 21.2 Å². The standard InChI is InChI=1S/C21H26N4O4S2/c1-14(2)29-20-9-8-17(31(22,26)27)11-18(20)24-21-25-19(13-30-21)15-6-7-16(23-12-15)5-4-10-28-3/h6-9,11-14H,4-5,10H2,1-3H3,(H,24,25)(H2,22,26,27). The Kier molecular flexibility index (Phi) is 7.60. The molecule has 31 heavy (non-hydrogen) atoms. The van der Waals surface area contributed by atoms with Gasteiger partial charge >= 0.3 is 0 Å². The molecule has 0 unspecified atom stereocenters. The van der Waals surface area contributed by atoms with E-state index in [-0.39, 0.29) is 11.0 Å². The van der Waals surface area contributed by atoms with Crippen molar-refractivity contribution >= 4 is 32.2 Å². The zero-order valence-corrected chi connectivity index (χ0v) is 19.3. The van der Waals surface area contributed by atoms with Crippen LogP contribution in [0.25, 0.3) is 11.3 Å². The Morgan fingerprint density at radius 1 is 1.23 bits per heavy atom. The van der Waals surface area contributed by atoms with E-state index in [0.29, 0.717) is 23.2 Å². The Bertz CT molecular complexity index is 1110. The van der Waals surface area contributed by atoms with Gasteiger partial charge in [0, 0.05) is 36.6 Å². The molecule has 0 amide bonds. The first-order valence-corrected chi connectivity index (χ1v) is 12.2. The van der Waals surface area contributed by atoms with Crippen LogP contribution in [0.15, 0.2) is 46.8 Å². The SMILES string of the molecule is COCCCc1ccc(-c2csc(Nc3cc(S(N)(=O)=O)ccc3OC(C)C)n2)cn1. The molecule has 3 N–H and O–H groups in total. The number of pyridine rings is 1. The van der Waals surface area contributed by atoms with Crippen LogP contribution >= 0.6 is 11.3 Å². The Balaban J connectivity index is 1.80. The van der Waals surface area contributed by atoms with Crippen molar-refractivity contribution < 1.29 is 17.9 Å². The van der Waals surface area contributed by atoms with E-state index < -0.39 is 10.0 Å². The van der Waals surface area contributed by atoms with Crippen molar-refractivity contribution in [2.75, 3.05) is 19.0 Å². The van der Waals surface area contributed by atoms with Gasteiger partial charge in [-0.15, -0.1) is 11.3 Å². The van der Waals surface area contributed by atoms with Crippen molar-refractivity contribution in [1.82, 2.24) is 9.97 Å². The number of aryl methyl sites for hydroxylation is 1. The predicted molar refractivity (Wildman–Crippen MR) is 122 cm³/mol. The average molecular weight is 463 g/mol. The summed E-state index contributed by atoms with van der Waals surface area (Å²) in [7, 11) is -2.15. The van der Waals surface area contributed by atoms with Gasteiger partial charge in [-0.2, -0.15) is 0 Å². The van der Waals surface area contributed by atoms with Crippen LogP contribution in [0.5, 0.6) is 5.75 Å². The van der Waals surface area contributed by atoms with E-state index in [1.54, 1.807) is 19.4 Å². The molecular formula is C21H26N4O4S2. The van der Waals surface area contributed by atoms with E-state index in [1.165, 1.54) is 23.5 Å². The molecule has 0 atom stereocenters. The van der Waals surface area contributed by atoms with E-state index in [2.05, 4.69) is 15.3 Å². The number of nitrogens with one attached hydrogen (secondary N) is 1. The maximum Gasteiger partial charge on any atom is 0.238 e. The molecule has 2 aromatic heterocycles. The minimum atomic E-state index is -3.84. The Morgan fingerprint density at radius 3 is 2.68 bits per heavy atom. The van der Waals surface area contributed by atoms with Crippen LogP contribution in [0.3, 0.4) is 0 Å². The molecule has 3 rings (SSSR count). The lowest BCUT2D eigenvalue weighted by Crippen LogP contribution is -2.13. The summed E-state index contributed by atoms with van der Waals surface area (Å²) in [6, 6.07) is 8.43. The third kappa shape index (κ3) is 6.47. The highest BCUT2D eigenvalue weighted by molar-refractivity contribution is 7.89. The lowest BCUT2D eigenvalue weighted by atomic mass is 10.1. The molecule has 0 aliphatic rings. The van der Waals surface area contributed by atoms with Gasteiger partial charge in [-0.25, -0.2) is 18.5 Å². The van der Waals surface area contributed by atoms with E-state index in [0.717, 1.165) is 29.8 Å². The highest BCUT2D eigenvalue weighted by atomic mass is 32.2. The molecule has 1 aromatic carbocycles. The second-order valence-corrected chi connectivity index (χ2v) is 9.59. The fraction of sp³-hybridized carbons (Fsp3) is 0.333. The number of sulfonamides is 1. The van der Waals surface area contributed by atoms with Gasteiger partial charge in [0.1, 0.15) is 5.75 Å². The fourth-order valence-electron chi connectivity index (χ4n) is 2.84. The van der Waals surface area contributed by atoms with Gasteiger partial charge in [-0.1, -0.05) is 0 Å². The van der Waals surface area contributed by atoms with Crippen LogP contribution in [0.2, 0.25) is 0 Å². The molecule has 0 spiro atoms. The number of hydrogen-bond acceptors (Lipinski definition) is 8. The van der Waals surface area contributed by atoms with Gasteiger partial charge in [0.2, 0.25) is 10.0 Å². The smallest absolute Gasteiger partial charge is 0.238 e. The Morgan fingerprint density at radius 2 is 2.03 bits per heavy atom. The highest BCUT2D eigenvalue weighted by Crippen LogP contribution is 2.33. The van der Waals surface area contributed by atoms with Crippen LogP contribution in [0, 0.1) is 0 Å². The number of aromatic nitrogens is 2. The van der Waals surface area contributed by atoms with Crippen LogP contribution in [-0.4, -0.2) is 38.2 Å². The zero-order chi connectivity index (χ0) is 22.4. The van der Waals surface area contributed by atoms with E-state index >= 15 is 0 Å². The van der Waals surface area contributed by atoms with Gasteiger partial charge in [0.05, 0.1) is 22.4 Å². The highest BCUT2D eigenvalue weighted by Gasteiger charge is 2.15. The number of anilines is 2. The summed E-state index contributed by atoms with van der Waals surface area (Å²) in [5.74, 6) is 0.515. The molecule has 0 aliphatic carbocycles. The number of nitrogens with two attached hydrogens (primary N) is 1. The summed E-state index contributed by atoms with van der Waals surface area (Å²) >= 11 is 1.40. The van der Waals surface area contributed by atoms with E-state index in [4.69, 9.17) is 14.6 Å². The molecule has 0 saturated heterocycles. The van der Waals surface area contributed by atoms with Gasteiger partial charge < -0.3 is 14.8 Å². The Labute approximate surface area is 186 Å². The van der Waals surface area contributed by atoms with Crippen molar-refractivity contribution in [3.63, 3.8) is 0 Å². The number of rotatable bonds is 10. The molecule has 0 saturated carbocycles. The van der Waals surface area contributed by atoms with Gasteiger partial charge in [-0.05, 0) is 57.0 Å². The second kappa shape index (κ2) is 10.2. The summed E-state index contributed by atoms with van der Waals surface area (Å²) in [6.07, 6.45) is 3.50. The van der Waals surface area contributed by atoms with Crippen molar-refractivity contribution in [3.05, 3.63) is 47.6 Å². The molecule has 10 heteroatoms. The Hall–Kier alpha value is -2.53. The molecule has 8 nitrogen and oxygen atoms in total. The third-order valence-corrected chi connectivity index (χ3v) is 5.96. The zero-order valence-electron chi connectivity index (χ0n) is 17.7. The largest absolute Gasteiger partial charge is 0.489 e. The van der Waals surface area contributed by atoms with Crippen LogP contribution in [0.1, 0.15) is 26.0 Å². The average Bonchev–Trinajstić information content (AvgIpc) is 3.17. The number of benzene rings is 1. The predicted octanol–water partition coefficient (Wildman–Crippen LogP) is 3.96. The van der Waals surface area contributed by atoms with Gasteiger partial charge in [-0.3, -0.25) is 4.98 Å². The number of thiazole rings is 1. The summed E-state index contributed by atoms with van der Waals surface area (Å²) in [4.78, 5) is 9.09. The molecule has 166 valence electrons. The molecule has 0 aliphatic heterocycles. The monoisotopic (exact) mass is 462 g/mol. The maximum atomic E-state index is 11.8. The van der Waals surface area contributed by atoms with Crippen molar-refractivity contribution in [2.24, 2.45) is 5.14 Å². The van der Waals surface area contributed by atoms with E-state index in [1.807, 2.05) is 31.4 Å².